The Morgan fingerprint density at radius 1 is 1.27 bits per heavy atom. The fraction of sp³-hybridized carbons (Fsp3) is 0.200. The zero-order valence-electron chi connectivity index (χ0n) is 11.9. The van der Waals surface area contributed by atoms with Gasteiger partial charge in [-0.25, -0.2) is 9.18 Å². The number of nitrogens with zero attached hydrogens (tertiary/aromatic N) is 1. The smallest absolute Gasteiger partial charge is 0.339 e. The Morgan fingerprint density at radius 3 is 2.59 bits per heavy atom. The van der Waals surface area contributed by atoms with Crippen LogP contribution < -0.4 is 10.3 Å². The Balaban J connectivity index is 2.80. The van der Waals surface area contributed by atoms with Gasteiger partial charge in [-0.05, 0) is 18.2 Å². The SMILES string of the molecule is COC(=O)c1ccc(=O)n(-c2ccc(F)cc2OC)c1CBr. The number of carbonyl (C=O) groups is 1. The first-order valence-electron chi connectivity index (χ1n) is 6.26. The fourth-order valence-electron chi connectivity index (χ4n) is 2.11. The van der Waals surface area contributed by atoms with Gasteiger partial charge in [-0.1, -0.05) is 15.9 Å². The molecule has 0 aliphatic carbocycles. The molecule has 0 radical (unpaired) electrons. The minimum atomic E-state index is -0.565. The average Bonchev–Trinajstić information content (AvgIpc) is 2.53. The van der Waals surface area contributed by atoms with Gasteiger partial charge in [0, 0.05) is 17.5 Å². The average molecular weight is 370 g/mol. The standard InChI is InChI=1S/C15H13BrFNO4/c1-21-13-7-9(17)3-5-11(13)18-12(8-16)10(15(20)22-2)4-6-14(18)19/h3-7H,8H2,1-2H3. The minimum absolute atomic E-state index is 0.186. The highest BCUT2D eigenvalue weighted by Crippen LogP contribution is 2.25. The Bertz CT molecular complexity index is 773. The molecule has 0 spiro atoms. The maximum Gasteiger partial charge on any atom is 0.339 e. The van der Waals surface area contributed by atoms with Gasteiger partial charge in [-0.3, -0.25) is 9.36 Å². The molecule has 0 atom stereocenters. The molecular formula is C15H13BrFNO4. The van der Waals surface area contributed by atoms with Crippen LogP contribution in [0.4, 0.5) is 4.39 Å². The van der Waals surface area contributed by atoms with Crippen LogP contribution >= 0.6 is 15.9 Å². The lowest BCUT2D eigenvalue weighted by molar-refractivity contribution is 0.0599. The number of esters is 1. The third-order valence-corrected chi connectivity index (χ3v) is 3.64. The topological polar surface area (TPSA) is 57.5 Å². The number of hydrogen-bond donors (Lipinski definition) is 0. The second kappa shape index (κ2) is 6.74. The number of pyridine rings is 1. The molecule has 0 amide bonds. The highest BCUT2D eigenvalue weighted by atomic mass is 79.9. The molecule has 0 saturated carbocycles. The van der Waals surface area contributed by atoms with Crippen molar-refractivity contribution in [3.63, 3.8) is 0 Å². The molecule has 0 aliphatic rings. The van der Waals surface area contributed by atoms with Crippen molar-refractivity contribution >= 4 is 21.9 Å². The maximum absolute atomic E-state index is 13.3. The van der Waals surface area contributed by atoms with Gasteiger partial charge >= 0.3 is 5.97 Å². The van der Waals surface area contributed by atoms with Gasteiger partial charge in [0.1, 0.15) is 11.6 Å². The molecule has 7 heteroatoms. The Morgan fingerprint density at radius 2 is 2.00 bits per heavy atom. The van der Waals surface area contributed by atoms with Crippen molar-refractivity contribution in [3.05, 3.63) is 57.8 Å². The molecule has 0 saturated heterocycles. The van der Waals surface area contributed by atoms with Gasteiger partial charge in [-0.2, -0.15) is 0 Å². The summed E-state index contributed by atoms with van der Waals surface area (Å²) in [5.41, 5.74) is 0.607. The van der Waals surface area contributed by atoms with Crippen molar-refractivity contribution in [2.45, 2.75) is 5.33 Å². The maximum atomic E-state index is 13.3. The van der Waals surface area contributed by atoms with Crippen LogP contribution in [0.2, 0.25) is 0 Å². The van der Waals surface area contributed by atoms with Crippen molar-refractivity contribution < 1.29 is 18.7 Å². The van der Waals surface area contributed by atoms with Gasteiger partial charge in [0.05, 0.1) is 31.2 Å². The molecule has 0 fully saturated rings. The second-order valence-corrected chi connectivity index (χ2v) is 4.87. The van der Waals surface area contributed by atoms with Crippen LogP contribution in [-0.4, -0.2) is 24.8 Å². The fourth-order valence-corrected chi connectivity index (χ4v) is 2.66. The molecule has 1 heterocycles. The Hall–Kier alpha value is -2.15. The zero-order chi connectivity index (χ0) is 16.3. The molecule has 0 aliphatic heterocycles. The van der Waals surface area contributed by atoms with Crippen LogP contribution in [0, 0.1) is 5.82 Å². The minimum Gasteiger partial charge on any atom is -0.494 e. The lowest BCUT2D eigenvalue weighted by Gasteiger charge is -2.16. The van der Waals surface area contributed by atoms with E-state index < -0.39 is 11.8 Å². The summed E-state index contributed by atoms with van der Waals surface area (Å²) >= 11 is 3.27. The van der Waals surface area contributed by atoms with Crippen LogP contribution in [0.25, 0.3) is 5.69 Å². The first-order valence-corrected chi connectivity index (χ1v) is 7.38. The summed E-state index contributed by atoms with van der Waals surface area (Å²) in [6.07, 6.45) is 0. The van der Waals surface area contributed by atoms with E-state index in [-0.39, 0.29) is 22.2 Å². The number of ether oxygens (including phenoxy) is 2. The number of rotatable bonds is 4. The molecule has 1 aromatic carbocycles. The predicted molar refractivity (Wildman–Crippen MR) is 82.5 cm³/mol. The molecule has 2 aromatic rings. The van der Waals surface area contributed by atoms with Crippen LogP contribution in [-0.2, 0) is 10.1 Å². The number of benzene rings is 1. The van der Waals surface area contributed by atoms with E-state index in [9.17, 15) is 14.0 Å². The van der Waals surface area contributed by atoms with Gasteiger partial charge in [0.25, 0.3) is 5.56 Å². The number of hydrogen-bond acceptors (Lipinski definition) is 4. The molecule has 5 nitrogen and oxygen atoms in total. The van der Waals surface area contributed by atoms with Gasteiger partial charge in [0.2, 0.25) is 0 Å². The first kappa shape index (κ1) is 16.2. The number of halogens is 2. The third kappa shape index (κ3) is 2.89. The zero-order valence-corrected chi connectivity index (χ0v) is 13.5. The molecule has 2 rings (SSSR count). The van der Waals surface area contributed by atoms with Gasteiger partial charge < -0.3 is 9.47 Å². The molecule has 0 N–H and O–H groups in total. The van der Waals surface area contributed by atoms with Crippen LogP contribution in [0.1, 0.15) is 16.1 Å². The van der Waals surface area contributed by atoms with Crippen LogP contribution in [0.3, 0.4) is 0 Å². The van der Waals surface area contributed by atoms with Crippen molar-refractivity contribution in [1.82, 2.24) is 4.57 Å². The normalized spacial score (nSPS) is 10.4. The largest absolute Gasteiger partial charge is 0.494 e. The number of alkyl halides is 1. The predicted octanol–water partition coefficient (Wildman–Crippen LogP) is 2.67. The molecule has 1 aromatic heterocycles. The molecule has 22 heavy (non-hydrogen) atoms. The van der Waals surface area contributed by atoms with Crippen LogP contribution in [0.15, 0.2) is 35.1 Å². The van der Waals surface area contributed by atoms with Gasteiger partial charge in [0.15, 0.2) is 0 Å². The highest BCUT2D eigenvalue weighted by Gasteiger charge is 2.19. The first-order chi connectivity index (χ1) is 10.5. The summed E-state index contributed by atoms with van der Waals surface area (Å²) in [4.78, 5) is 24.1. The van der Waals surface area contributed by atoms with E-state index in [0.717, 1.165) is 0 Å². The van der Waals surface area contributed by atoms with E-state index in [1.807, 2.05) is 0 Å². The second-order valence-electron chi connectivity index (χ2n) is 4.31. The molecule has 0 bridgehead atoms. The lowest BCUT2D eigenvalue weighted by Crippen LogP contribution is -2.24. The van der Waals surface area contributed by atoms with E-state index in [1.165, 1.54) is 49.1 Å². The van der Waals surface area contributed by atoms with Gasteiger partial charge in [-0.15, -0.1) is 0 Å². The van der Waals surface area contributed by atoms with E-state index in [2.05, 4.69) is 15.9 Å². The van der Waals surface area contributed by atoms with Crippen molar-refractivity contribution in [1.29, 1.82) is 0 Å². The van der Waals surface area contributed by atoms with E-state index in [1.54, 1.807) is 0 Å². The Kier molecular flexibility index (Phi) is 4.97. The number of aromatic nitrogens is 1. The summed E-state index contributed by atoms with van der Waals surface area (Å²) in [5, 5.41) is 0.230. The molecule has 0 unspecified atom stereocenters. The summed E-state index contributed by atoms with van der Waals surface area (Å²) < 4.78 is 24.5. The quantitative estimate of drug-likeness (QED) is 0.614. The van der Waals surface area contributed by atoms with Crippen LogP contribution in [0.5, 0.6) is 5.75 Å². The van der Waals surface area contributed by atoms with E-state index >= 15 is 0 Å². The van der Waals surface area contributed by atoms with Crippen molar-refractivity contribution in [3.8, 4) is 11.4 Å². The summed E-state index contributed by atoms with van der Waals surface area (Å²) in [6.45, 7) is 0. The van der Waals surface area contributed by atoms with E-state index in [4.69, 9.17) is 9.47 Å². The number of methoxy groups -OCH3 is 2. The van der Waals surface area contributed by atoms with E-state index in [0.29, 0.717) is 11.4 Å². The highest BCUT2D eigenvalue weighted by molar-refractivity contribution is 9.08. The van der Waals surface area contributed by atoms with Crippen molar-refractivity contribution in [2.24, 2.45) is 0 Å². The Labute approximate surface area is 134 Å². The molecular weight excluding hydrogens is 357 g/mol. The molecule has 116 valence electrons. The third-order valence-electron chi connectivity index (χ3n) is 3.11. The summed E-state index contributed by atoms with van der Waals surface area (Å²) in [6, 6.07) is 6.46. The number of carbonyl (C=O) groups excluding carboxylic acids is 1. The monoisotopic (exact) mass is 369 g/mol. The lowest BCUT2D eigenvalue weighted by atomic mass is 10.1. The van der Waals surface area contributed by atoms with Crippen molar-refractivity contribution in [2.75, 3.05) is 14.2 Å². The summed E-state index contributed by atoms with van der Waals surface area (Å²) in [5.74, 6) is -0.867. The summed E-state index contributed by atoms with van der Waals surface area (Å²) in [7, 11) is 2.63.